The van der Waals surface area contributed by atoms with Gasteiger partial charge in [-0.05, 0) is 37.0 Å². The quantitative estimate of drug-likeness (QED) is 0.549. The second kappa shape index (κ2) is 7.43. The van der Waals surface area contributed by atoms with Crippen molar-refractivity contribution in [1.82, 2.24) is 14.7 Å². The fraction of sp³-hybridized carbons (Fsp3) is 0.375. The first-order valence-electron chi connectivity index (χ1n) is 8.26. The number of anilines is 1. The Labute approximate surface area is 163 Å². The number of nitrogens with zero attached hydrogens (tertiary/aromatic N) is 1. The van der Waals surface area contributed by atoms with E-state index in [4.69, 9.17) is 18.0 Å². The summed E-state index contributed by atoms with van der Waals surface area (Å²) in [5, 5.41) is 9.84. The van der Waals surface area contributed by atoms with Crippen LogP contribution in [0.5, 0.6) is 0 Å². The van der Waals surface area contributed by atoms with Gasteiger partial charge in [-0.1, -0.05) is 18.3 Å². The number of sulfonamides is 1. The number of aromatic nitrogens is 2. The van der Waals surface area contributed by atoms with Crippen LogP contribution in [0, 0.1) is 4.64 Å². The number of nitrogens with two attached hydrogens (primary N) is 1. The summed E-state index contributed by atoms with van der Waals surface area (Å²) in [7, 11) is -4.56. The molecule has 152 valence electrons. The highest BCUT2D eigenvalue weighted by Gasteiger charge is 2.39. The van der Waals surface area contributed by atoms with E-state index in [9.17, 15) is 26.7 Å². The molecule has 0 amide bonds. The van der Waals surface area contributed by atoms with Crippen molar-refractivity contribution in [2.24, 2.45) is 0 Å². The van der Waals surface area contributed by atoms with Crippen LogP contribution in [0.1, 0.15) is 24.8 Å². The zero-order valence-electron chi connectivity index (χ0n) is 14.3. The standard InChI is InChI=1S/C16H17F3N4O3S2/c17-16(18,19)10-5-4-8(9-7-21-15(20)22-14(9)27)6-13(10)28(25,26)23-11-2-1-3-12(11)24/h4-7,11-12,23-24H,1-3H2,(H3,20,21,22,27)/t11-,12+/m1/s1. The van der Waals surface area contributed by atoms with Crippen LogP contribution in [0.4, 0.5) is 19.1 Å². The highest BCUT2D eigenvalue weighted by Crippen LogP contribution is 2.37. The van der Waals surface area contributed by atoms with Gasteiger partial charge in [0.05, 0.1) is 16.6 Å². The van der Waals surface area contributed by atoms with Crippen LogP contribution in [0.2, 0.25) is 0 Å². The van der Waals surface area contributed by atoms with E-state index in [0.717, 1.165) is 12.1 Å². The summed E-state index contributed by atoms with van der Waals surface area (Å²) in [6.45, 7) is 0. The number of nitrogens with one attached hydrogen (secondary N) is 2. The van der Waals surface area contributed by atoms with E-state index in [1.165, 1.54) is 6.20 Å². The summed E-state index contributed by atoms with van der Waals surface area (Å²) in [6.07, 6.45) is -3.28. The number of alkyl halides is 3. The minimum atomic E-state index is -4.89. The molecule has 1 aromatic carbocycles. The summed E-state index contributed by atoms with van der Waals surface area (Å²) < 4.78 is 68.1. The predicted molar refractivity (Wildman–Crippen MR) is 98.2 cm³/mol. The van der Waals surface area contributed by atoms with E-state index in [0.29, 0.717) is 25.3 Å². The monoisotopic (exact) mass is 434 g/mol. The topological polar surface area (TPSA) is 121 Å². The number of aliphatic hydroxyl groups excluding tert-OH is 1. The average molecular weight is 434 g/mol. The van der Waals surface area contributed by atoms with Crippen molar-refractivity contribution in [3.05, 3.63) is 34.6 Å². The van der Waals surface area contributed by atoms with Crippen molar-refractivity contribution in [1.29, 1.82) is 0 Å². The second-order valence-corrected chi connectivity index (χ2v) is 8.54. The minimum Gasteiger partial charge on any atom is -0.391 e. The minimum absolute atomic E-state index is 0.0189. The van der Waals surface area contributed by atoms with Crippen molar-refractivity contribution >= 4 is 28.2 Å². The smallest absolute Gasteiger partial charge is 0.391 e. The molecule has 1 saturated carbocycles. The number of halogens is 3. The van der Waals surface area contributed by atoms with E-state index in [1.807, 2.05) is 0 Å². The average Bonchev–Trinajstić information content (AvgIpc) is 2.98. The Morgan fingerprint density at radius 2 is 2.04 bits per heavy atom. The van der Waals surface area contributed by atoms with Gasteiger partial charge in [-0.15, -0.1) is 0 Å². The van der Waals surface area contributed by atoms with Crippen molar-refractivity contribution in [3.8, 4) is 11.1 Å². The van der Waals surface area contributed by atoms with Gasteiger partial charge >= 0.3 is 6.18 Å². The third-order valence-electron chi connectivity index (χ3n) is 4.49. The number of hydrogen-bond donors (Lipinski definition) is 4. The zero-order valence-corrected chi connectivity index (χ0v) is 16.0. The van der Waals surface area contributed by atoms with E-state index in [1.54, 1.807) is 0 Å². The summed E-state index contributed by atoms with van der Waals surface area (Å²) in [6, 6.07) is 1.85. The molecular formula is C16H17F3N4O3S2. The first kappa shape index (κ1) is 20.7. The van der Waals surface area contributed by atoms with Crippen LogP contribution >= 0.6 is 12.2 Å². The van der Waals surface area contributed by atoms with Crippen molar-refractivity contribution < 1.29 is 26.7 Å². The first-order chi connectivity index (χ1) is 13.0. The van der Waals surface area contributed by atoms with Crippen molar-refractivity contribution in [3.63, 3.8) is 0 Å². The summed E-state index contributed by atoms with van der Waals surface area (Å²) in [5.74, 6) is 0.0189. The number of benzene rings is 1. The Balaban J connectivity index is 2.12. The normalized spacial score (nSPS) is 20.4. The molecule has 28 heavy (non-hydrogen) atoms. The molecule has 0 aliphatic heterocycles. The number of hydrogen-bond acceptors (Lipinski definition) is 6. The van der Waals surface area contributed by atoms with Crippen LogP contribution < -0.4 is 10.5 Å². The van der Waals surface area contributed by atoms with E-state index < -0.39 is 38.8 Å². The predicted octanol–water partition coefficient (Wildman–Crippen LogP) is 2.60. The van der Waals surface area contributed by atoms with Gasteiger partial charge in [-0.2, -0.15) is 13.2 Å². The summed E-state index contributed by atoms with van der Waals surface area (Å²) >= 11 is 5.10. The molecule has 7 nitrogen and oxygen atoms in total. The molecule has 0 saturated heterocycles. The number of nitrogen functional groups attached to an aromatic ring is 1. The van der Waals surface area contributed by atoms with Crippen molar-refractivity contribution in [2.75, 3.05) is 5.73 Å². The third-order valence-corrected chi connectivity index (χ3v) is 6.34. The van der Waals surface area contributed by atoms with Gasteiger partial charge in [0.25, 0.3) is 0 Å². The Morgan fingerprint density at radius 3 is 2.61 bits per heavy atom. The Morgan fingerprint density at radius 1 is 1.32 bits per heavy atom. The lowest BCUT2D eigenvalue weighted by Gasteiger charge is -2.20. The van der Waals surface area contributed by atoms with Crippen LogP contribution in [0.25, 0.3) is 11.1 Å². The number of rotatable bonds is 4. The molecule has 1 aromatic heterocycles. The van der Waals surface area contributed by atoms with Gasteiger partial charge in [0.15, 0.2) is 5.95 Å². The Kier molecular flexibility index (Phi) is 5.49. The maximum absolute atomic E-state index is 13.4. The molecule has 1 aliphatic rings. The molecule has 2 atom stereocenters. The fourth-order valence-electron chi connectivity index (χ4n) is 3.10. The Bertz CT molecular complexity index is 1050. The van der Waals surface area contributed by atoms with Crippen LogP contribution in [0.3, 0.4) is 0 Å². The molecule has 0 radical (unpaired) electrons. The van der Waals surface area contributed by atoms with Gasteiger partial charge < -0.3 is 15.8 Å². The molecule has 1 aliphatic carbocycles. The van der Waals surface area contributed by atoms with Gasteiger partial charge in [0.1, 0.15) is 4.64 Å². The van der Waals surface area contributed by atoms with E-state index in [2.05, 4.69) is 14.7 Å². The lowest BCUT2D eigenvalue weighted by Crippen LogP contribution is -2.40. The lowest BCUT2D eigenvalue weighted by atomic mass is 10.1. The van der Waals surface area contributed by atoms with Crippen LogP contribution in [0.15, 0.2) is 29.3 Å². The van der Waals surface area contributed by atoms with E-state index in [-0.39, 0.29) is 21.7 Å². The zero-order chi connectivity index (χ0) is 20.7. The molecule has 0 unspecified atom stereocenters. The summed E-state index contributed by atoms with van der Waals surface area (Å²) in [4.78, 5) is 5.43. The molecular weight excluding hydrogens is 417 g/mol. The highest BCUT2D eigenvalue weighted by molar-refractivity contribution is 7.89. The summed E-state index contributed by atoms with van der Waals surface area (Å²) in [5.41, 5.74) is 4.53. The maximum Gasteiger partial charge on any atom is 0.417 e. The van der Waals surface area contributed by atoms with Gasteiger partial charge in [-0.25, -0.2) is 18.1 Å². The van der Waals surface area contributed by atoms with Gasteiger partial charge in [-0.3, -0.25) is 0 Å². The first-order valence-corrected chi connectivity index (χ1v) is 10.1. The molecule has 12 heteroatoms. The van der Waals surface area contributed by atoms with Gasteiger partial charge in [0.2, 0.25) is 10.0 Å². The third kappa shape index (κ3) is 4.19. The molecule has 2 aromatic rings. The number of H-pyrrole nitrogens is 1. The van der Waals surface area contributed by atoms with Gasteiger partial charge in [0, 0.05) is 17.8 Å². The molecule has 1 fully saturated rings. The fourth-order valence-corrected chi connectivity index (χ4v) is 4.93. The number of aliphatic hydroxyl groups is 1. The second-order valence-electron chi connectivity index (χ2n) is 6.45. The number of aromatic amines is 1. The SMILES string of the molecule is Nc1ncc(-c2ccc(C(F)(F)F)c(S(=O)(=O)N[C@@H]3CCC[C@@H]3O)c2)c(=S)[nH]1. The molecule has 1 heterocycles. The molecule has 0 bridgehead atoms. The maximum atomic E-state index is 13.4. The van der Waals surface area contributed by atoms with Crippen LogP contribution in [-0.2, 0) is 16.2 Å². The molecule has 0 spiro atoms. The lowest BCUT2D eigenvalue weighted by molar-refractivity contribution is -0.139. The molecule has 5 N–H and O–H groups in total. The Hall–Kier alpha value is -2.02. The van der Waals surface area contributed by atoms with Crippen molar-refractivity contribution in [2.45, 2.75) is 42.5 Å². The highest BCUT2D eigenvalue weighted by atomic mass is 32.2. The van der Waals surface area contributed by atoms with Crippen LogP contribution in [-0.4, -0.2) is 35.6 Å². The largest absolute Gasteiger partial charge is 0.417 e. The molecule has 3 rings (SSSR count). The van der Waals surface area contributed by atoms with E-state index >= 15 is 0 Å².